The van der Waals surface area contributed by atoms with Crippen LogP contribution in [0, 0.1) is 0 Å². The lowest BCUT2D eigenvalue weighted by atomic mass is 10.2. The molecular weight excluding hydrogens is 460 g/mol. The minimum absolute atomic E-state index is 0.0148. The Bertz CT molecular complexity index is 1250. The van der Waals surface area contributed by atoms with Crippen LogP contribution >= 0.6 is 11.8 Å². The number of fused-ring (bicyclic) bond motifs is 3. The van der Waals surface area contributed by atoms with E-state index >= 15 is 0 Å². The fraction of sp³-hybridized carbons (Fsp3) is 0.545. The summed E-state index contributed by atoms with van der Waals surface area (Å²) in [5.74, 6) is 0.0148. The van der Waals surface area contributed by atoms with Crippen LogP contribution in [-0.4, -0.2) is 63.2 Å². The topological polar surface area (TPSA) is 121 Å². The van der Waals surface area contributed by atoms with Crippen LogP contribution in [0.1, 0.15) is 52.9 Å². The molecule has 4 rings (SSSR count). The van der Waals surface area contributed by atoms with Gasteiger partial charge in [0.25, 0.3) is 0 Å². The van der Waals surface area contributed by atoms with Crippen LogP contribution < -0.4 is 5.32 Å². The van der Waals surface area contributed by atoms with Crippen LogP contribution in [0.25, 0.3) is 22.1 Å². The van der Waals surface area contributed by atoms with Gasteiger partial charge in [-0.05, 0) is 37.5 Å². The summed E-state index contributed by atoms with van der Waals surface area (Å²) in [6.07, 6.45) is 5.06. The zero-order valence-electron chi connectivity index (χ0n) is 19.2. The van der Waals surface area contributed by atoms with Gasteiger partial charge in [-0.15, -0.1) is 10.2 Å². The molecule has 3 aromatic rings. The van der Waals surface area contributed by atoms with Gasteiger partial charge in [-0.25, -0.2) is 13.4 Å². The molecule has 2 N–H and O–H groups in total. The van der Waals surface area contributed by atoms with Crippen LogP contribution in [0.15, 0.2) is 28.3 Å². The molecule has 1 atom stereocenters. The van der Waals surface area contributed by atoms with Gasteiger partial charge in [-0.3, -0.25) is 4.79 Å². The largest absolute Gasteiger partial charge is 0.352 e. The molecule has 1 aliphatic rings. The maximum absolute atomic E-state index is 12.9. The van der Waals surface area contributed by atoms with Gasteiger partial charge >= 0.3 is 0 Å². The second-order valence-corrected chi connectivity index (χ2v) is 11.3. The first-order valence-electron chi connectivity index (χ1n) is 11.5. The molecule has 2 aromatic heterocycles. The summed E-state index contributed by atoms with van der Waals surface area (Å²) in [7, 11) is -3.58. The van der Waals surface area contributed by atoms with Crippen molar-refractivity contribution in [2.24, 2.45) is 0 Å². The standard InChI is InChI=1S/C22H30N6O3S2/c1-4-18(21(29)23-14-9-7-8-10-14)32-22-25-20-19(26-27-22)16-13-15(11-12-17(16)24-20)33(30,31)28(5-2)6-3/h11-14,18H,4-10H2,1-3H3,(H,23,29)(H,24,25,27). The van der Waals surface area contributed by atoms with Crippen LogP contribution in [-0.2, 0) is 14.8 Å². The number of amides is 1. The van der Waals surface area contributed by atoms with Gasteiger partial charge in [-0.2, -0.15) is 4.31 Å². The van der Waals surface area contributed by atoms with E-state index in [0.717, 1.165) is 31.2 Å². The number of hydrogen-bond acceptors (Lipinski definition) is 7. The minimum atomic E-state index is -3.58. The van der Waals surface area contributed by atoms with E-state index in [1.54, 1.807) is 18.2 Å². The molecule has 1 amide bonds. The van der Waals surface area contributed by atoms with E-state index in [0.29, 0.717) is 41.2 Å². The fourth-order valence-corrected chi connectivity index (χ4v) is 6.59. The zero-order chi connectivity index (χ0) is 23.6. The Morgan fingerprint density at radius 2 is 1.94 bits per heavy atom. The molecule has 9 nitrogen and oxygen atoms in total. The number of H-pyrrole nitrogens is 1. The molecule has 1 aliphatic carbocycles. The average molecular weight is 491 g/mol. The smallest absolute Gasteiger partial charge is 0.243 e. The van der Waals surface area contributed by atoms with Crippen molar-refractivity contribution in [3.05, 3.63) is 18.2 Å². The predicted octanol–water partition coefficient (Wildman–Crippen LogP) is 3.47. The zero-order valence-corrected chi connectivity index (χ0v) is 20.8. The number of carbonyl (C=O) groups is 1. The fourth-order valence-electron chi connectivity index (χ4n) is 4.27. The third-order valence-electron chi connectivity index (χ3n) is 6.12. The molecule has 33 heavy (non-hydrogen) atoms. The van der Waals surface area contributed by atoms with Gasteiger partial charge in [0.2, 0.25) is 21.1 Å². The Morgan fingerprint density at radius 3 is 2.61 bits per heavy atom. The molecule has 178 valence electrons. The molecule has 11 heteroatoms. The highest BCUT2D eigenvalue weighted by molar-refractivity contribution is 8.00. The van der Waals surface area contributed by atoms with E-state index in [2.05, 4.69) is 25.5 Å². The molecule has 1 saturated carbocycles. The van der Waals surface area contributed by atoms with Gasteiger partial charge in [0.1, 0.15) is 5.52 Å². The Labute approximate surface area is 198 Å². The first-order valence-corrected chi connectivity index (χ1v) is 13.8. The lowest BCUT2D eigenvalue weighted by molar-refractivity contribution is -0.121. The van der Waals surface area contributed by atoms with Gasteiger partial charge < -0.3 is 10.3 Å². The lowest BCUT2D eigenvalue weighted by Gasteiger charge is -2.18. The summed E-state index contributed by atoms with van der Waals surface area (Å²) in [5.41, 5.74) is 1.76. The summed E-state index contributed by atoms with van der Waals surface area (Å²) < 4.78 is 27.2. The van der Waals surface area contributed by atoms with Gasteiger partial charge in [0, 0.05) is 30.0 Å². The van der Waals surface area contributed by atoms with Crippen molar-refractivity contribution >= 4 is 49.8 Å². The summed E-state index contributed by atoms with van der Waals surface area (Å²) in [4.78, 5) is 20.7. The summed E-state index contributed by atoms with van der Waals surface area (Å²) in [5, 5.41) is 12.5. The van der Waals surface area contributed by atoms with Crippen LogP contribution in [0.5, 0.6) is 0 Å². The maximum atomic E-state index is 12.9. The van der Waals surface area contributed by atoms with Crippen LogP contribution in [0.3, 0.4) is 0 Å². The average Bonchev–Trinajstić information content (AvgIpc) is 3.44. The number of benzene rings is 1. The number of thioether (sulfide) groups is 1. The van der Waals surface area contributed by atoms with Crippen molar-refractivity contribution < 1.29 is 13.2 Å². The minimum Gasteiger partial charge on any atom is -0.352 e. The number of aromatic amines is 1. The number of nitrogens with one attached hydrogen (secondary N) is 2. The van der Waals surface area contributed by atoms with Crippen molar-refractivity contribution in [2.75, 3.05) is 13.1 Å². The molecule has 0 bridgehead atoms. The molecule has 0 spiro atoms. The first kappa shape index (κ1) is 23.9. The first-order chi connectivity index (χ1) is 15.9. The highest BCUT2D eigenvalue weighted by Gasteiger charge is 2.25. The van der Waals surface area contributed by atoms with Crippen molar-refractivity contribution in [3.8, 4) is 0 Å². The lowest BCUT2D eigenvalue weighted by Crippen LogP contribution is -2.38. The summed E-state index contributed by atoms with van der Waals surface area (Å²) in [6.45, 7) is 6.41. The SMILES string of the molecule is CCC(Sc1nnc2c(n1)[nH]c1ccc(S(=O)(=O)N(CC)CC)cc12)C(=O)NC1CCCC1. The summed E-state index contributed by atoms with van der Waals surface area (Å²) in [6, 6.07) is 5.21. The Morgan fingerprint density at radius 1 is 1.21 bits per heavy atom. The molecule has 0 saturated heterocycles. The second-order valence-electron chi connectivity index (χ2n) is 8.22. The van der Waals surface area contributed by atoms with E-state index in [1.807, 2.05) is 20.8 Å². The highest BCUT2D eigenvalue weighted by atomic mass is 32.2. The third kappa shape index (κ3) is 4.85. The summed E-state index contributed by atoms with van der Waals surface area (Å²) >= 11 is 1.30. The molecular formula is C22H30N6O3S2. The number of nitrogens with zero attached hydrogens (tertiary/aromatic N) is 4. The normalized spacial score (nSPS) is 16.1. The number of carbonyl (C=O) groups excluding carboxylic acids is 1. The molecule has 0 radical (unpaired) electrons. The number of hydrogen-bond donors (Lipinski definition) is 2. The highest BCUT2D eigenvalue weighted by Crippen LogP contribution is 2.29. The maximum Gasteiger partial charge on any atom is 0.243 e. The van der Waals surface area contributed by atoms with Gasteiger partial charge in [0.15, 0.2) is 5.65 Å². The van der Waals surface area contributed by atoms with Crippen LogP contribution in [0.4, 0.5) is 0 Å². The van der Waals surface area contributed by atoms with E-state index < -0.39 is 10.0 Å². The van der Waals surface area contributed by atoms with Crippen molar-refractivity contribution in [3.63, 3.8) is 0 Å². The van der Waals surface area contributed by atoms with E-state index in [4.69, 9.17) is 0 Å². The van der Waals surface area contributed by atoms with E-state index in [1.165, 1.54) is 16.1 Å². The van der Waals surface area contributed by atoms with Gasteiger partial charge in [-0.1, -0.05) is 45.4 Å². The van der Waals surface area contributed by atoms with Crippen molar-refractivity contribution in [1.82, 2.24) is 29.8 Å². The molecule has 2 heterocycles. The van der Waals surface area contributed by atoms with Gasteiger partial charge in [0.05, 0.1) is 10.1 Å². The Kier molecular flexibility index (Phi) is 7.20. The Hall–Kier alpha value is -2.24. The molecule has 0 aliphatic heterocycles. The van der Waals surface area contributed by atoms with Crippen molar-refractivity contribution in [1.29, 1.82) is 0 Å². The molecule has 1 fully saturated rings. The van der Waals surface area contributed by atoms with E-state index in [-0.39, 0.29) is 22.1 Å². The monoisotopic (exact) mass is 490 g/mol. The Balaban J connectivity index is 1.60. The number of aromatic nitrogens is 4. The van der Waals surface area contributed by atoms with Crippen LogP contribution in [0.2, 0.25) is 0 Å². The quantitative estimate of drug-likeness (QED) is 0.441. The van der Waals surface area contributed by atoms with Crippen molar-refractivity contribution in [2.45, 2.75) is 74.2 Å². The predicted molar refractivity (Wildman–Crippen MR) is 130 cm³/mol. The van der Waals surface area contributed by atoms with E-state index in [9.17, 15) is 13.2 Å². The third-order valence-corrected chi connectivity index (χ3v) is 9.38. The number of rotatable bonds is 9. The number of sulfonamides is 1. The molecule has 1 unspecified atom stereocenters. The second kappa shape index (κ2) is 9.94. The molecule has 1 aromatic carbocycles.